The van der Waals surface area contributed by atoms with E-state index in [-0.39, 0.29) is 0 Å². The summed E-state index contributed by atoms with van der Waals surface area (Å²) in [6.07, 6.45) is 0.850. The lowest BCUT2D eigenvalue weighted by atomic mass is 10.1. The summed E-state index contributed by atoms with van der Waals surface area (Å²) in [4.78, 5) is 13.0. The highest BCUT2D eigenvalue weighted by molar-refractivity contribution is 5.79. The standard InChI is InChI=1S/C13H17NO3/c1-3-17-12-6-4-5-11-10(12)7-8-14(11)9(2)13(15)16/h4-6,9H,3,7-8H2,1-2H3,(H,15,16)/t9-/m1/s1. The van der Waals surface area contributed by atoms with Crippen molar-refractivity contribution in [1.29, 1.82) is 0 Å². The van der Waals surface area contributed by atoms with Gasteiger partial charge in [-0.25, -0.2) is 4.79 Å². The van der Waals surface area contributed by atoms with Gasteiger partial charge in [-0.2, -0.15) is 0 Å². The van der Waals surface area contributed by atoms with Crippen LogP contribution in [0, 0.1) is 0 Å². The molecule has 0 fully saturated rings. The molecule has 0 aliphatic carbocycles. The molecular weight excluding hydrogens is 218 g/mol. The molecule has 4 nitrogen and oxygen atoms in total. The van der Waals surface area contributed by atoms with E-state index in [0.717, 1.165) is 30.0 Å². The summed E-state index contributed by atoms with van der Waals surface area (Å²) in [6, 6.07) is 5.33. The fourth-order valence-corrected chi connectivity index (χ4v) is 2.25. The van der Waals surface area contributed by atoms with Crippen molar-refractivity contribution in [3.63, 3.8) is 0 Å². The zero-order chi connectivity index (χ0) is 12.4. The van der Waals surface area contributed by atoms with Crippen molar-refractivity contribution in [2.24, 2.45) is 0 Å². The second-order valence-electron chi connectivity index (χ2n) is 4.14. The Morgan fingerprint density at radius 1 is 1.59 bits per heavy atom. The first-order chi connectivity index (χ1) is 8.15. The van der Waals surface area contributed by atoms with Crippen molar-refractivity contribution < 1.29 is 14.6 Å². The largest absolute Gasteiger partial charge is 0.494 e. The van der Waals surface area contributed by atoms with Crippen LogP contribution in [-0.4, -0.2) is 30.3 Å². The predicted octanol–water partition coefficient (Wildman–Crippen LogP) is 1.92. The summed E-state index contributed by atoms with van der Waals surface area (Å²) >= 11 is 0. The molecule has 1 aromatic carbocycles. The third-order valence-corrected chi connectivity index (χ3v) is 3.15. The molecule has 0 amide bonds. The third-order valence-electron chi connectivity index (χ3n) is 3.15. The van der Waals surface area contributed by atoms with Gasteiger partial charge < -0.3 is 14.7 Å². The van der Waals surface area contributed by atoms with Crippen LogP contribution in [0.15, 0.2) is 18.2 Å². The number of carbonyl (C=O) groups is 1. The van der Waals surface area contributed by atoms with Gasteiger partial charge in [-0.15, -0.1) is 0 Å². The molecule has 1 aliphatic rings. The number of nitrogens with zero attached hydrogens (tertiary/aromatic N) is 1. The molecule has 0 unspecified atom stereocenters. The molecule has 1 heterocycles. The van der Waals surface area contributed by atoms with E-state index in [1.54, 1.807) is 6.92 Å². The Labute approximate surface area is 101 Å². The average Bonchev–Trinajstić information content (AvgIpc) is 2.73. The SMILES string of the molecule is CCOc1cccc2c1CCN2[C@H](C)C(=O)O. The van der Waals surface area contributed by atoms with Crippen molar-refractivity contribution in [3.05, 3.63) is 23.8 Å². The van der Waals surface area contributed by atoms with Gasteiger partial charge in [-0.1, -0.05) is 6.07 Å². The summed E-state index contributed by atoms with van der Waals surface area (Å²) < 4.78 is 5.56. The molecule has 1 aliphatic heterocycles. The molecule has 1 aromatic rings. The molecule has 0 saturated heterocycles. The summed E-state index contributed by atoms with van der Waals surface area (Å²) in [5.74, 6) is 0.0877. The normalized spacial score (nSPS) is 15.5. The van der Waals surface area contributed by atoms with Crippen molar-refractivity contribution in [2.75, 3.05) is 18.1 Å². The predicted molar refractivity (Wildman–Crippen MR) is 65.8 cm³/mol. The Balaban J connectivity index is 2.32. The molecule has 0 spiro atoms. The van der Waals surface area contributed by atoms with Crippen molar-refractivity contribution >= 4 is 11.7 Å². The van der Waals surface area contributed by atoms with Crippen LogP contribution in [0.4, 0.5) is 5.69 Å². The highest BCUT2D eigenvalue weighted by Gasteiger charge is 2.29. The van der Waals surface area contributed by atoms with Gasteiger partial charge in [0.2, 0.25) is 0 Å². The lowest BCUT2D eigenvalue weighted by Crippen LogP contribution is -2.37. The van der Waals surface area contributed by atoms with Crippen molar-refractivity contribution in [2.45, 2.75) is 26.3 Å². The number of hydrogen-bond donors (Lipinski definition) is 1. The number of carboxylic acids is 1. The topological polar surface area (TPSA) is 49.8 Å². The van der Waals surface area contributed by atoms with E-state index in [0.29, 0.717) is 6.61 Å². The second kappa shape index (κ2) is 4.65. The van der Waals surface area contributed by atoms with Crippen LogP contribution in [0.2, 0.25) is 0 Å². The zero-order valence-electron chi connectivity index (χ0n) is 10.1. The lowest BCUT2D eigenvalue weighted by Gasteiger charge is -2.23. The quantitative estimate of drug-likeness (QED) is 0.866. The van der Waals surface area contributed by atoms with Crippen LogP contribution in [0.3, 0.4) is 0 Å². The van der Waals surface area contributed by atoms with Crippen LogP contribution in [0.1, 0.15) is 19.4 Å². The number of benzene rings is 1. The monoisotopic (exact) mass is 235 g/mol. The fourth-order valence-electron chi connectivity index (χ4n) is 2.25. The van der Waals surface area contributed by atoms with E-state index in [1.165, 1.54) is 0 Å². The highest BCUT2D eigenvalue weighted by atomic mass is 16.5. The Morgan fingerprint density at radius 3 is 3.00 bits per heavy atom. The fraction of sp³-hybridized carbons (Fsp3) is 0.462. The van der Waals surface area contributed by atoms with Crippen LogP contribution in [-0.2, 0) is 11.2 Å². The molecule has 0 bridgehead atoms. The van der Waals surface area contributed by atoms with Gasteiger partial charge in [0.25, 0.3) is 0 Å². The maximum atomic E-state index is 11.0. The average molecular weight is 235 g/mol. The number of ether oxygens (including phenoxy) is 1. The van der Waals surface area contributed by atoms with Gasteiger partial charge in [0, 0.05) is 17.8 Å². The molecule has 2 rings (SSSR count). The summed E-state index contributed by atoms with van der Waals surface area (Å²) in [5, 5.41) is 9.07. The van der Waals surface area contributed by atoms with Gasteiger partial charge >= 0.3 is 5.97 Å². The molecule has 1 atom stereocenters. The Morgan fingerprint density at radius 2 is 2.35 bits per heavy atom. The first-order valence-electron chi connectivity index (χ1n) is 5.89. The molecular formula is C13H17NO3. The number of carboxylic acid groups (broad SMARTS) is 1. The summed E-state index contributed by atoms with van der Waals surface area (Å²) in [5.41, 5.74) is 2.12. The minimum Gasteiger partial charge on any atom is -0.494 e. The maximum absolute atomic E-state index is 11.0. The Kier molecular flexibility index (Phi) is 3.22. The molecule has 0 aromatic heterocycles. The van der Waals surface area contributed by atoms with E-state index in [4.69, 9.17) is 9.84 Å². The summed E-state index contributed by atoms with van der Waals surface area (Å²) in [6.45, 7) is 5.04. The first kappa shape index (κ1) is 11.8. The van der Waals surface area contributed by atoms with Crippen molar-refractivity contribution in [1.82, 2.24) is 0 Å². The number of rotatable bonds is 4. The third kappa shape index (κ3) is 2.07. The smallest absolute Gasteiger partial charge is 0.326 e. The molecule has 17 heavy (non-hydrogen) atoms. The summed E-state index contributed by atoms with van der Waals surface area (Å²) in [7, 11) is 0. The van der Waals surface area contributed by atoms with E-state index in [2.05, 4.69) is 0 Å². The van der Waals surface area contributed by atoms with Gasteiger partial charge in [-0.3, -0.25) is 0 Å². The van der Waals surface area contributed by atoms with Crippen LogP contribution < -0.4 is 9.64 Å². The van der Waals surface area contributed by atoms with Crippen molar-refractivity contribution in [3.8, 4) is 5.75 Å². The molecule has 0 radical (unpaired) electrons. The van der Waals surface area contributed by atoms with E-state index in [9.17, 15) is 4.79 Å². The molecule has 1 N–H and O–H groups in total. The number of aliphatic carboxylic acids is 1. The first-order valence-corrected chi connectivity index (χ1v) is 5.89. The van der Waals surface area contributed by atoms with E-state index < -0.39 is 12.0 Å². The minimum absolute atomic E-state index is 0.492. The molecule has 4 heteroatoms. The van der Waals surface area contributed by atoms with E-state index >= 15 is 0 Å². The van der Waals surface area contributed by atoms with Crippen LogP contribution in [0.5, 0.6) is 5.75 Å². The second-order valence-corrected chi connectivity index (χ2v) is 4.14. The van der Waals surface area contributed by atoms with Crippen LogP contribution >= 0.6 is 0 Å². The molecule has 92 valence electrons. The minimum atomic E-state index is -0.792. The number of hydrogen-bond acceptors (Lipinski definition) is 3. The van der Waals surface area contributed by atoms with Gasteiger partial charge in [-0.05, 0) is 32.4 Å². The Hall–Kier alpha value is -1.71. The number of fused-ring (bicyclic) bond motifs is 1. The Bertz CT molecular complexity index is 431. The molecule has 0 saturated carbocycles. The van der Waals surface area contributed by atoms with Gasteiger partial charge in [0.05, 0.1) is 6.61 Å². The maximum Gasteiger partial charge on any atom is 0.326 e. The van der Waals surface area contributed by atoms with E-state index in [1.807, 2.05) is 30.0 Å². The lowest BCUT2D eigenvalue weighted by molar-refractivity contribution is -0.138. The number of anilines is 1. The van der Waals surface area contributed by atoms with Gasteiger partial charge in [0.15, 0.2) is 0 Å². The zero-order valence-corrected chi connectivity index (χ0v) is 10.1. The highest BCUT2D eigenvalue weighted by Crippen LogP contribution is 2.36. The van der Waals surface area contributed by atoms with Crippen LogP contribution in [0.25, 0.3) is 0 Å². The van der Waals surface area contributed by atoms with Gasteiger partial charge in [0.1, 0.15) is 11.8 Å².